The number of hydrogen-bond donors (Lipinski definition) is 1. The van der Waals surface area contributed by atoms with Crippen LogP contribution in [0.5, 0.6) is 0 Å². The van der Waals surface area contributed by atoms with Crippen molar-refractivity contribution in [3.63, 3.8) is 0 Å². The molecule has 0 spiro atoms. The van der Waals surface area contributed by atoms with Crippen LogP contribution in [0.1, 0.15) is 32.8 Å². The maximum Gasteiger partial charge on any atom is 0.293 e. The first-order valence-corrected chi connectivity index (χ1v) is 11.3. The monoisotopic (exact) mass is 435 g/mol. The number of benzene rings is 2. The van der Waals surface area contributed by atoms with E-state index in [1.54, 1.807) is 11.8 Å². The number of rotatable bonds is 6. The highest BCUT2D eigenvalue weighted by Crippen LogP contribution is 2.31. The lowest BCUT2D eigenvalue weighted by molar-refractivity contribution is 0.0998. The van der Waals surface area contributed by atoms with Gasteiger partial charge in [0.1, 0.15) is 5.58 Å². The average molecular weight is 436 g/mol. The number of furan rings is 1. The SMILES string of the molecule is Cc1ccc2c(C)c(C(=O)Nc3nnc(SC/C=C/c4ccccc4)s3)oc2c1C. The fraction of sp³-hybridized carbons (Fsp3) is 0.174. The number of carbonyl (C=O) groups is 1. The Kier molecular flexibility index (Phi) is 6.01. The molecule has 2 aromatic heterocycles. The summed E-state index contributed by atoms with van der Waals surface area (Å²) in [5, 5.41) is 12.5. The van der Waals surface area contributed by atoms with Crippen LogP contribution >= 0.6 is 23.1 Å². The maximum atomic E-state index is 12.7. The highest BCUT2D eigenvalue weighted by Gasteiger charge is 2.20. The summed E-state index contributed by atoms with van der Waals surface area (Å²) in [6.45, 7) is 5.93. The van der Waals surface area contributed by atoms with Crippen molar-refractivity contribution in [2.45, 2.75) is 25.1 Å². The third kappa shape index (κ3) is 4.32. The fourth-order valence-corrected chi connectivity index (χ4v) is 4.66. The van der Waals surface area contributed by atoms with E-state index in [0.717, 1.165) is 43.3 Å². The molecule has 0 radical (unpaired) electrons. The lowest BCUT2D eigenvalue weighted by Crippen LogP contribution is -2.11. The Balaban J connectivity index is 1.41. The van der Waals surface area contributed by atoms with Crippen molar-refractivity contribution in [3.05, 3.63) is 76.6 Å². The first-order valence-electron chi connectivity index (χ1n) is 9.51. The van der Waals surface area contributed by atoms with E-state index in [1.165, 1.54) is 11.3 Å². The lowest BCUT2D eigenvalue weighted by atomic mass is 10.0. The molecule has 2 heterocycles. The zero-order valence-electron chi connectivity index (χ0n) is 16.9. The molecule has 2 aromatic carbocycles. The van der Waals surface area contributed by atoms with Crippen molar-refractivity contribution in [2.24, 2.45) is 0 Å². The van der Waals surface area contributed by atoms with Crippen molar-refractivity contribution >= 4 is 51.2 Å². The summed E-state index contributed by atoms with van der Waals surface area (Å²) in [5.41, 5.74) is 4.94. The van der Waals surface area contributed by atoms with Crippen molar-refractivity contribution in [1.29, 1.82) is 0 Å². The van der Waals surface area contributed by atoms with E-state index in [0.29, 0.717) is 10.9 Å². The first-order chi connectivity index (χ1) is 14.5. The van der Waals surface area contributed by atoms with Gasteiger partial charge in [0.15, 0.2) is 10.1 Å². The Morgan fingerprint density at radius 2 is 1.90 bits per heavy atom. The summed E-state index contributed by atoms with van der Waals surface area (Å²) < 4.78 is 6.70. The van der Waals surface area contributed by atoms with Gasteiger partial charge in [-0.2, -0.15) is 0 Å². The van der Waals surface area contributed by atoms with Crippen LogP contribution in [0.3, 0.4) is 0 Å². The van der Waals surface area contributed by atoms with Crippen LogP contribution in [0.25, 0.3) is 17.0 Å². The molecule has 0 unspecified atom stereocenters. The largest absolute Gasteiger partial charge is 0.450 e. The molecule has 1 amide bonds. The van der Waals surface area contributed by atoms with Gasteiger partial charge in [-0.05, 0) is 37.5 Å². The topological polar surface area (TPSA) is 68.0 Å². The van der Waals surface area contributed by atoms with Gasteiger partial charge in [0.05, 0.1) is 0 Å². The van der Waals surface area contributed by atoms with Crippen molar-refractivity contribution in [2.75, 3.05) is 11.1 Å². The van der Waals surface area contributed by atoms with Gasteiger partial charge in [-0.15, -0.1) is 10.2 Å². The number of thioether (sulfide) groups is 1. The van der Waals surface area contributed by atoms with Crippen LogP contribution in [-0.4, -0.2) is 21.9 Å². The van der Waals surface area contributed by atoms with E-state index in [2.05, 4.69) is 39.8 Å². The van der Waals surface area contributed by atoms with Crippen molar-refractivity contribution < 1.29 is 9.21 Å². The third-order valence-electron chi connectivity index (χ3n) is 4.87. The molecule has 0 atom stereocenters. The summed E-state index contributed by atoms with van der Waals surface area (Å²) in [4.78, 5) is 12.7. The van der Waals surface area contributed by atoms with Crippen molar-refractivity contribution in [1.82, 2.24) is 10.2 Å². The Morgan fingerprint density at radius 3 is 2.70 bits per heavy atom. The molecular formula is C23H21N3O2S2. The molecule has 7 heteroatoms. The van der Waals surface area contributed by atoms with E-state index in [4.69, 9.17) is 4.42 Å². The zero-order chi connectivity index (χ0) is 21.1. The average Bonchev–Trinajstić information content (AvgIpc) is 3.33. The summed E-state index contributed by atoms with van der Waals surface area (Å²) in [6.07, 6.45) is 4.16. The van der Waals surface area contributed by atoms with Gasteiger partial charge in [-0.25, -0.2) is 0 Å². The van der Waals surface area contributed by atoms with Crippen LogP contribution in [0, 0.1) is 20.8 Å². The van der Waals surface area contributed by atoms with Gasteiger partial charge in [-0.3, -0.25) is 10.1 Å². The number of fused-ring (bicyclic) bond motifs is 1. The normalized spacial score (nSPS) is 11.4. The number of nitrogens with zero attached hydrogens (tertiary/aromatic N) is 2. The summed E-state index contributed by atoms with van der Waals surface area (Å²) in [5.74, 6) is 0.782. The van der Waals surface area contributed by atoms with Gasteiger partial charge < -0.3 is 4.42 Å². The molecule has 0 saturated carbocycles. The Morgan fingerprint density at radius 1 is 1.10 bits per heavy atom. The number of amides is 1. The standard InChI is InChI=1S/C23H21N3O2S2/c1-14-11-12-18-16(3)20(28-19(18)15(14)2)21(27)24-22-25-26-23(30-22)29-13-7-10-17-8-5-4-6-9-17/h4-12H,13H2,1-3H3,(H,24,25,27)/b10-7+. The highest BCUT2D eigenvalue weighted by atomic mass is 32.2. The number of nitrogens with one attached hydrogen (secondary N) is 1. The van der Waals surface area contributed by atoms with Gasteiger partial charge in [-0.1, -0.05) is 77.7 Å². The molecule has 5 nitrogen and oxygen atoms in total. The van der Waals surface area contributed by atoms with E-state index < -0.39 is 0 Å². The smallest absolute Gasteiger partial charge is 0.293 e. The molecule has 30 heavy (non-hydrogen) atoms. The molecule has 0 saturated heterocycles. The minimum absolute atomic E-state index is 0.308. The zero-order valence-corrected chi connectivity index (χ0v) is 18.6. The summed E-state index contributed by atoms with van der Waals surface area (Å²) in [7, 11) is 0. The van der Waals surface area contributed by atoms with Gasteiger partial charge in [0, 0.05) is 16.7 Å². The van der Waals surface area contributed by atoms with Gasteiger partial charge in [0.2, 0.25) is 5.13 Å². The molecule has 0 bridgehead atoms. The second-order valence-corrected chi connectivity index (χ2v) is 9.14. The molecule has 0 aliphatic carbocycles. The molecule has 0 aliphatic heterocycles. The van der Waals surface area contributed by atoms with Crippen LogP contribution in [0.15, 0.2) is 57.3 Å². The molecular weight excluding hydrogens is 414 g/mol. The second-order valence-electron chi connectivity index (χ2n) is 6.89. The fourth-order valence-electron chi connectivity index (χ4n) is 3.07. The highest BCUT2D eigenvalue weighted by molar-refractivity contribution is 8.01. The summed E-state index contributed by atoms with van der Waals surface area (Å²) >= 11 is 2.93. The minimum atomic E-state index is -0.308. The van der Waals surface area contributed by atoms with Gasteiger partial charge >= 0.3 is 0 Å². The first kappa shape index (κ1) is 20.4. The predicted octanol–water partition coefficient (Wildman–Crippen LogP) is 6.27. The Hall–Kier alpha value is -2.90. The number of anilines is 1. The molecule has 4 rings (SSSR count). The second kappa shape index (κ2) is 8.85. The van der Waals surface area contributed by atoms with E-state index >= 15 is 0 Å². The Bertz CT molecular complexity index is 1230. The lowest BCUT2D eigenvalue weighted by Gasteiger charge is -1.99. The van der Waals surface area contributed by atoms with Crippen LogP contribution in [0.2, 0.25) is 0 Å². The molecule has 0 aliphatic rings. The van der Waals surface area contributed by atoms with Crippen LogP contribution in [-0.2, 0) is 0 Å². The van der Waals surface area contributed by atoms with E-state index in [-0.39, 0.29) is 5.91 Å². The number of aryl methyl sites for hydroxylation is 3. The molecule has 152 valence electrons. The number of carbonyl (C=O) groups excluding carboxylic acids is 1. The maximum absolute atomic E-state index is 12.7. The van der Waals surface area contributed by atoms with Crippen LogP contribution in [0.4, 0.5) is 5.13 Å². The van der Waals surface area contributed by atoms with Gasteiger partial charge in [0.25, 0.3) is 5.91 Å². The molecule has 4 aromatic rings. The van der Waals surface area contributed by atoms with Crippen LogP contribution < -0.4 is 5.32 Å². The molecule has 1 N–H and O–H groups in total. The Labute approximate surface area is 183 Å². The minimum Gasteiger partial charge on any atom is -0.450 e. The summed E-state index contributed by atoms with van der Waals surface area (Å²) in [6, 6.07) is 14.2. The van der Waals surface area contributed by atoms with E-state index in [9.17, 15) is 4.79 Å². The predicted molar refractivity (Wildman–Crippen MR) is 124 cm³/mol. The third-order valence-corrected chi connectivity index (χ3v) is 6.80. The van der Waals surface area contributed by atoms with Crippen molar-refractivity contribution in [3.8, 4) is 0 Å². The number of aromatic nitrogens is 2. The van der Waals surface area contributed by atoms with E-state index in [1.807, 2.05) is 51.1 Å². The quantitative estimate of drug-likeness (QED) is 0.286. The molecule has 0 fully saturated rings. The number of hydrogen-bond acceptors (Lipinski definition) is 6.